The second kappa shape index (κ2) is 9.25. The third-order valence-corrected chi connectivity index (χ3v) is 4.74. The fourth-order valence-electron chi connectivity index (χ4n) is 1.83. The molecule has 23 heavy (non-hydrogen) atoms. The quantitative estimate of drug-likeness (QED) is 0.271. The molecule has 0 saturated heterocycles. The lowest BCUT2D eigenvalue weighted by atomic mass is 10.3. The number of terminal acetylenes is 1. The number of thiazole rings is 1. The first-order valence-electron chi connectivity index (χ1n) is 6.84. The van der Waals surface area contributed by atoms with Crippen LogP contribution in [-0.2, 0) is 16.1 Å². The number of hydrogen-bond donors (Lipinski definition) is 1. The highest BCUT2D eigenvalue weighted by Crippen LogP contribution is 2.17. The lowest BCUT2D eigenvalue weighted by Crippen LogP contribution is -2.18. The van der Waals surface area contributed by atoms with Crippen LogP contribution in [0.15, 0.2) is 29.4 Å². The Morgan fingerprint density at radius 2 is 2.26 bits per heavy atom. The summed E-state index contributed by atoms with van der Waals surface area (Å²) < 4.78 is 7.62. The van der Waals surface area contributed by atoms with Crippen LogP contribution < -0.4 is 4.80 Å². The highest BCUT2D eigenvalue weighted by Gasteiger charge is 2.08. The maximum absolute atomic E-state index is 11.3. The largest absolute Gasteiger partial charge is 0.536 e. The van der Waals surface area contributed by atoms with Crippen molar-refractivity contribution in [2.24, 2.45) is 5.16 Å². The van der Waals surface area contributed by atoms with E-state index < -0.39 is 6.16 Å². The molecule has 0 amide bonds. The molecule has 1 aromatic carbocycles. The van der Waals surface area contributed by atoms with Gasteiger partial charge >= 0.3 is 6.16 Å². The molecular weight excluding hydrogens is 336 g/mol. The molecule has 0 bridgehead atoms. The summed E-state index contributed by atoms with van der Waals surface area (Å²) in [5.74, 6) is 3.68. The van der Waals surface area contributed by atoms with Crippen molar-refractivity contribution in [2.75, 3.05) is 24.7 Å². The van der Waals surface area contributed by atoms with Gasteiger partial charge < -0.3 is 14.4 Å². The number of aliphatic hydroxyl groups is 1. The Morgan fingerprint density at radius 3 is 3.04 bits per heavy atom. The maximum atomic E-state index is 11.3. The lowest BCUT2D eigenvalue weighted by Gasteiger charge is -2.04. The Kier molecular flexibility index (Phi) is 7.00. The van der Waals surface area contributed by atoms with E-state index in [0.717, 1.165) is 16.0 Å². The van der Waals surface area contributed by atoms with Crippen molar-refractivity contribution in [1.82, 2.24) is 4.57 Å². The molecule has 122 valence electrons. The van der Waals surface area contributed by atoms with E-state index >= 15 is 0 Å². The van der Waals surface area contributed by atoms with Crippen molar-refractivity contribution in [1.29, 1.82) is 0 Å². The van der Waals surface area contributed by atoms with Crippen LogP contribution in [0.3, 0.4) is 0 Å². The molecule has 0 aliphatic rings. The van der Waals surface area contributed by atoms with E-state index in [4.69, 9.17) is 16.4 Å². The molecule has 1 aromatic heterocycles. The molecule has 2 rings (SSSR count). The Balaban J connectivity index is 2.20. The monoisotopic (exact) mass is 352 g/mol. The molecule has 0 saturated carbocycles. The fourth-order valence-corrected chi connectivity index (χ4v) is 3.48. The number of hydrogen-bond acceptors (Lipinski definition) is 7. The summed E-state index contributed by atoms with van der Waals surface area (Å²) in [7, 11) is 0. The number of para-hydroxylation sites is 1. The summed E-state index contributed by atoms with van der Waals surface area (Å²) in [5, 5.41) is 12.7. The summed E-state index contributed by atoms with van der Waals surface area (Å²) in [6.07, 6.45) is 4.07. The van der Waals surface area contributed by atoms with Crippen molar-refractivity contribution >= 4 is 39.5 Å². The van der Waals surface area contributed by atoms with Gasteiger partial charge in [0.25, 0.3) is 0 Å². The van der Waals surface area contributed by atoms with E-state index in [0.29, 0.717) is 17.1 Å². The van der Waals surface area contributed by atoms with Gasteiger partial charge in [0.2, 0.25) is 4.80 Å². The fraction of sp³-hybridized carbons (Fsp3) is 0.333. The number of carbonyl (C=O) groups is 1. The lowest BCUT2D eigenvalue weighted by molar-refractivity contribution is 0.0630. The van der Waals surface area contributed by atoms with E-state index in [2.05, 4.69) is 15.8 Å². The van der Waals surface area contributed by atoms with Gasteiger partial charge in [-0.25, -0.2) is 4.79 Å². The van der Waals surface area contributed by atoms with Gasteiger partial charge in [-0.15, -0.1) is 6.42 Å². The number of fused-ring (bicyclic) bond motifs is 1. The molecule has 0 spiro atoms. The van der Waals surface area contributed by atoms with Crippen molar-refractivity contribution in [3.8, 4) is 12.3 Å². The van der Waals surface area contributed by atoms with Crippen LogP contribution in [-0.4, -0.2) is 40.5 Å². The van der Waals surface area contributed by atoms with Crippen molar-refractivity contribution in [3.63, 3.8) is 0 Å². The highest BCUT2D eigenvalue weighted by molar-refractivity contribution is 7.99. The smallest absolute Gasteiger partial charge is 0.419 e. The van der Waals surface area contributed by atoms with Gasteiger partial charge in [-0.1, -0.05) is 29.4 Å². The van der Waals surface area contributed by atoms with Crippen molar-refractivity contribution in [2.45, 2.75) is 6.54 Å². The topological polar surface area (TPSA) is 73.0 Å². The van der Waals surface area contributed by atoms with Crippen LogP contribution in [0.1, 0.15) is 0 Å². The maximum Gasteiger partial charge on any atom is 0.536 e. The molecule has 0 atom stereocenters. The van der Waals surface area contributed by atoms with Gasteiger partial charge in [-0.3, -0.25) is 4.84 Å². The number of benzene rings is 1. The molecule has 0 radical (unpaired) electrons. The standard InChI is InChI=1S/C15H16N2O4S2/c1-2-9-20-15(19)21-16-14-17(7-10-22-11-8-18)12-5-3-4-6-13(12)23-14/h1,3-6,18H,7-11H2. The van der Waals surface area contributed by atoms with Gasteiger partial charge in [0.15, 0.2) is 6.61 Å². The summed E-state index contributed by atoms with van der Waals surface area (Å²) >= 11 is 3.06. The highest BCUT2D eigenvalue weighted by atomic mass is 32.2. The first kappa shape index (κ1) is 17.4. The third-order valence-electron chi connectivity index (χ3n) is 2.75. The Labute approximate surface area is 141 Å². The van der Waals surface area contributed by atoms with Crippen LogP contribution in [0.25, 0.3) is 10.2 Å². The van der Waals surface area contributed by atoms with E-state index in [1.165, 1.54) is 11.3 Å². The zero-order chi connectivity index (χ0) is 16.5. The van der Waals surface area contributed by atoms with Crippen molar-refractivity contribution < 1.29 is 19.5 Å². The molecule has 1 heterocycles. The molecule has 1 N–H and O–H groups in total. The Morgan fingerprint density at radius 1 is 1.43 bits per heavy atom. The van der Waals surface area contributed by atoms with E-state index in [-0.39, 0.29) is 13.2 Å². The minimum Gasteiger partial charge on any atom is -0.419 e. The first-order chi connectivity index (χ1) is 11.3. The molecule has 0 fully saturated rings. The van der Waals surface area contributed by atoms with E-state index in [1.54, 1.807) is 11.8 Å². The number of carbonyl (C=O) groups excluding carboxylic acids is 1. The second-order valence-corrected chi connectivity index (χ2v) is 6.50. The molecule has 0 unspecified atom stereocenters. The number of aryl methyl sites for hydroxylation is 1. The number of ether oxygens (including phenoxy) is 1. The molecule has 0 aliphatic heterocycles. The van der Waals surface area contributed by atoms with E-state index in [1.807, 2.05) is 28.8 Å². The number of thioether (sulfide) groups is 1. The van der Waals surface area contributed by atoms with Crippen molar-refractivity contribution in [3.05, 3.63) is 29.1 Å². The number of rotatable bonds is 7. The summed E-state index contributed by atoms with van der Waals surface area (Å²) in [6.45, 7) is 0.690. The van der Waals surface area contributed by atoms with Gasteiger partial charge in [-0.05, 0) is 17.3 Å². The molecule has 2 aromatic rings. The Hall–Kier alpha value is -1.95. The van der Waals surface area contributed by atoms with Crippen LogP contribution in [0.4, 0.5) is 4.79 Å². The average molecular weight is 352 g/mol. The number of aromatic nitrogens is 1. The van der Waals surface area contributed by atoms with Gasteiger partial charge in [0.1, 0.15) is 0 Å². The predicted octanol–water partition coefficient (Wildman–Crippen LogP) is 2.03. The number of aliphatic hydroxyl groups excluding tert-OH is 1. The van der Waals surface area contributed by atoms with Crippen LogP contribution in [0.2, 0.25) is 0 Å². The minimum atomic E-state index is -0.929. The van der Waals surface area contributed by atoms with Crippen LogP contribution in [0, 0.1) is 12.3 Å². The summed E-state index contributed by atoms with van der Waals surface area (Å²) in [4.78, 5) is 16.6. The number of nitrogens with zero attached hydrogens (tertiary/aromatic N) is 2. The normalized spacial score (nSPS) is 11.4. The SMILES string of the molecule is C#CCOC(=O)ON=c1sc2ccccc2n1CCSCCO. The average Bonchev–Trinajstić information content (AvgIpc) is 2.92. The van der Waals surface area contributed by atoms with Crippen LogP contribution >= 0.6 is 23.1 Å². The molecule has 6 nitrogen and oxygen atoms in total. The molecular formula is C15H16N2O4S2. The van der Waals surface area contributed by atoms with E-state index in [9.17, 15) is 4.79 Å². The van der Waals surface area contributed by atoms with Gasteiger partial charge in [0, 0.05) is 18.1 Å². The predicted molar refractivity (Wildman–Crippen MR) is 91.1 cm³/mol. The van der Waals surface area contributed by atoms with Crippen LogP contribution in [0.5, 0.6) is 0 Å². The zero-order valence-electron chi connectivity index (χ0n) is 12.3. The summed E-state index contributed by atoms with van der Waals surface area (Å²) in [6, 6.07) is 7.85. The first-order valence-corrected chi connectivity index (χ1v) is 8.81. The van der Waals surface area contributed by atoms with Gasteiger partial charge in [-0.2, -0.15) is 11.8 Å². The zero-order valence-corrected chi connectivity index (χ0v) is 13.9. The third kappa shape index (κ3) is 5.03. The Bertz CT molecular complexity index is 761. The molecule has 8 heteroatoms. The van der Waals surface area contributed by atoms with Gasteiger partial charge in [0.05, 0.1) is 16.8 Å². The molecule has 0 aliphatic carbocycles. The minimum absolute atomic E-state index is 0.154. The summed E-state index contributed by atoms with van der Waals surface area (Å²) in [5.41, 5.74) is 1.02. The second-order valence-electron chi connectivity index (χ2n) is 4.27.